The normalized spacial score (nSPS) is 11.8. The van der Waals surface area contributed by atoms with Gasteiger partial charge in [0.2, 0.25) is 0 Å². The molecule has 7 rings (SSSR count). The van der Waals surface area contributed by atoms with E-state index in [0.717, 1.165) is 55.3 Å². The smallest absolute Gasteiger partial charge is 0.269 e. The molecular formula is C35H20N2O5. The Hall–Kier alpha value is -5.95. The Balaban J connectivity index is 1.73. The van der Waals surface area contributed by atoms with E-state index >= 15 is 0 Å². The minimum atomic E-state index is -0.438. The molecule has 1 aliphatic rings. The van der Waals surface area contributed by atoms with Gasteiger partial charge in [0, 0.05) is 40.8 Å². The van der Waals surface area contributed by atoms with E-state index in [1.165, 1.54) is 24.3 Å². The SMILES string of the molecule is O=C1c2ccccc2-c2c(-c3ccc([N+](=O)[O-])cc3)c(-c3ccc([N+](=O)[O-])cc3)c(-c3ccccc3)c3cccc1c23. The zero-order valence-electron chi connectivity index (χ0n) is 22.0. The van der Waals surface area contributed by atoms with Crippen molar-refractivity contribution in [1.29, 1.82) is 0 Å². The van der Waals surface area contributed by atoms with Crippen LogP contribution in [0.2, 0.25) is 0 Å². The van der Waals surface area contributed by atoms with Gasteiger partial charge in [0.05, 0.1) is 9.85 Å². The lowest BCUT2D eigenvalue weighted by atomic mass is 9.74. The van der Waals surface area contributed by atoms with Crippen LogP contribution in [-0.4, -0.2) is 15.6 Å². The number of carbonyl (C=O) groups is 1. The number of ketones is 1. The van der Waals surface area contributed by atoms with E-state index in [2.05, 4.69) is 0 Å². The van der Waals surface area contributed by atoms with Crippen LogP contribution in [0.25, 0.3) is 55.3 Å². The lowest BCUT2D eigenvalue weighted by molar-refractivity contribution is -0.385. The Morgan fingerprint density at radius 3 is 1.48 bits per heavy atom. The Bertz CT molecular complexity index is 2080. The summed E-state index contributed by atoms with van der Waals surface area (Å²) in [6.45, 7) is 0. The first kappa shape index (κ1) is 25.0. The Morgan fingerprint density at radius 2 is 0.905 bits per heavy atom. The second kappa shape index (κ2) is 9.60. The van der Waals surface area contributed by atoms with Crippen molar-refractivity contribution in [3.05, 3.63) is 153 Å². The number of carbonyl (C=O) groups excluding carboxylic acids is 1. The number of hydrogen-bond donors (Lipinski definition) is 0. The summed E-state index contributed by atoms with van der Waals surface area (Å²) in [5.74, 6) is -0.0690. The fourth-order valence-electron chi connectivity index (χ4n) is 6.02. The number of nitrogens with zero attached hydrogens (tertiary/aromatic N) is 2. The van der Waals surface area contributed by atoms with Crippen LogP contribution in [0.1, 0.15) is 15.9 Å². The molecule has 6 aromatic rings. The van der Waals surface area contributed by atoms with Gasteiger partial charge in [-0.15, -0.1) is 0 Å². The zero-order valence-corrected chi connectivity index (χ0v) is 22.0. The van der Waals surface area contributed by atoms with Crippen molar-refractivity contribution in [3.63, 3.8) is 0 Å². The van der Waals surface area contributed by atoms with Crippen LogP contribution >= 0.6 is 0 Å². The van der Waals surface area contributed by atoms with E-state index in [9.17, 15) is 25.0 Å². The topological polar surface area (TPSA) is 103 Å². The van der Waals surface area contributed by atoms with Crippen molar-refractivity contribution < 1.29 is 14.6 Å². The molecule has 7 nitrogen and oxygen atoms in total. The maximum absolute atomic E-state index is 13.8. The van der Waals surface area contributed by atoms with Crippen LogP contribution in [0.3, 0.4) is 0 Å². The van der Waals surface area contributed by atoms with E-state index in [-0.39, 0.29) is 17.2 Å². The van der Waals surface area contributed by atoms with Gasteiger partial charge >= 0.3 is 0 Å². The molecule has 200 valence electrons. The van der Waals surface area contributed by atoms with Gasteiger partial charge in [-0.1, -0.05) is 72.8 Å². The number of rotatable bonds is 5. The van der Waals surface area contributed by atoms with Crippen LogP contribution in [0, 0.1) is 20.2 Å². The predicted octanol–water partition coefficient (Wildman–Crippen LogP) is 8.87. The molecule has 0 saturated heterocycles. The summed E-state index contributed by atoms with van der Waals surface area (Å²) >= 11 is 0. The summed E-state index contributed by atoms with van der Waals surface area (Å²) in [5, 5.41) is 24.7. The third kappa shape index (κ3) is 3.79. The van der Waals surface area contributed by atoms with Gasteiger partial charge < -0.3 is 0 Å². The molecule has 0 unspecified atom stereocenters. The van der Waals surface area contributed by atoms with Crippen LogP contribution in [0.4, 0.5) is 11.4 Å². The minimum absolute atomic E-state index is 0.0303. The molecule has 0 heterocycles. The van der Waals surface area contributed by atoms with Gasteiger partial charge in [-0.3, -0.25) is 25.0 Å². The zero-order chi connectivity index (χ0) is 29.0. The number of non-ortho nitro benzene ring substituents is 2. The molecular weight excluding hydrogens is 528 g/mol. The lowest BCUT2D eigenvalue weighted by Crippen LogP contribution is -2.12. The highest BCUT2D eigenvalue weighted by Gasteiger charge is 2.32. The second-order valence-corrected chi connectivity index (χ2v) is 10.1. The molecule has 0 atom stereocenters. The Kier molecular flexibility index (Phi) is 5.73. The molecule has 0 spiro atoms. The molecule has 6 aromatic carbocycles. The second-order valence-electron chi connectivity index (χ2n) is 10.1. The van der Waals surface area contributed by atoms with E-state index in [0.29, 0.717) is 11.1 Å². The number of benzene rings is 6. The van der Waals surface area contributed by atoms with Crippen molar-refractivity contribution in [2.24, 2.45) is 0 Å². The largest absolute Gasteiger partial charge is 0.289 e. The monoisotopic (exact) mass is 548 g/mol. The summed E-state index contributed by atoms with van der Waals surface area (Å²) in [6, 6.07) is 35.8. The van der Waals surface area contributed by atoms with Crippen molar-refractivity contribution in [3.8, 4) is 44.5 Å². The van der Waals surface area contributed by atoms with E-state index in [1.54, 1.807) is 24.3 Å². The first-order valence-corrected chi connectivity index (χ1v) is 13.3. The van der Waals surface area contributed by atoms with E-state index in [4.69, 9.17) is 0 Å². The molecule has 0 aliphatic heterocycles. The van der Waals surface area contributed by atoms with Crippen LogP contribution in [0.5, 0.6) is 0 Å². The highest BCUT2D eigenvalue weighted by atomic mass is 16.6. The van der Waals surface area contributed by atoms with Crippen LogP contribution in [0.15, 0.2) is 121 Å². The molecule has 0 amide bonds. The summed E-state index contributed by atoms with van der Waals surface area (Å²) in [6.07, 6.45) is 0. The van der Waals surface area contributed by atoms with Crippen LogP contribution in [-0.2, 0) is 0 Å². The molecule has 0 aromatic heterocycles. The Morgan fingerprint density at radius 1 is 0.429 bits per heavy atom. The van der Waals surface area contributed by atoms with Gasteiger partial charge in [0.1, 0.15) is 0 Å². The van der Waals surface area contributed by atoms with Crippen molar-refractivity contribution >= 4 is 27.9 Å². The summed E-state index contributed by atoms with van der Waals surface area (Å²) < 4.78 is 0. The maximum atomic E-state index is 13.8. The highest BCUT2D eigenvalue weighted by Crippen LogP contribution is 2.54. The first-order valence-electron chi connectivity index (χ1n) is 13.3. The van der Waals surface area contributed by atoms with Gasteiger partial charge in [-0.05, 0) is 74.2 Å². The van der Waals surface area contributed by atoms with Crippen LogP contribution < -0.4 is 0 Å². The number of nitro groups is 2. The number of hydrogen-bond acceptors (Lipinski definition) is 5. The first-order chi connectivity index (χ1) is 20.4. The van der Waals surface area contributed by atoms with E-state index in [1.807, 2.05) is 72.8 Å². The molecule has 0 fully saturated rings. The van der Waals surface area contributed by atoms with Crippen molar-refractivity contribution in [2.45, 2.75) is 0 Å². The molecule has 0 N–H and O–H groups in total. The quantitative estimate of drug-likeness (QED) is 0.158. The average Bonchev–Trinajstić information content (AvgIpc) is 3.03. The minimum Gasteiger partial charge on any atom is -0.289 e. The van der Waals surface area contributed by atoms with Gasteiger partial charge in [0.25, 0.3) is 11.4 Å². The van der Waals surface area contributed by atoms with Gasteiger partial charge in [-0.25, -0.2) is 0 Å². The number of fused-ring (bicyclic) bond motifs is 2. The highest BCUT2D eigenvalue weighted by molar-refractivity contribution is 6.31. The third-order valence-electron chi connectivity index (χ3n) is 7.82. The van der Waals surface area contributed by atoms with Crippen molar-refractivity contribution in [2.75, 3.05) is 0 Å². The molecule has 1 aliphatic carbocycles. The summed E-state index contributed by atoms with van der Waals surface area (Å²) in [4.78, 5) is 36.0. The third-order valence-corrected chi connectivity index (χ3v) is 7.82. The predicted molar refractivity (Wildman–Crippen MR) is 162 cm³/mol. The molecule has 7 heteroatoms. The van der Waals surface area contributed by atoms with Gasteiger partial charge in [0.15, 0.2) is 5.78 Å². The standard InChI is InChI=1S/C35H20N2O5/c38-35-27-10-5-4-9-26(27)34-32(23-15-19-25(20-16-23)37(41)42)31(22-13-17-24(18-14-22)36(39)40)30(21-7-2-1-3-8-21)28-11-6-12-29(35)33(28)34/h1-20H. The molecule has 0 bridgehead atoms. The van der Waals surface area contributed by atoms with Gasteiger partial charge in [-0.2, -0.15) is 0 Å². The molecule has 0 saturated carbocycles. The number of nitro benzene ring substituents is 2. The average molecular weight is 549 g/mol. The Labute approximate surface area is 239 Å². The fourth-order valence-corrected chi connectivity index (χ4v) is 6.02. The summed E-state index contributed by atoms with van der Waals surface area (Å²) in [5.41, 5.74) is 7.54. The molecule has 42 heavy (non-hydrogen) atoms. The summed E-state index contributed by atoms with van der Waals surface area (Å²) in [7, 11) is 0. The lowest BCUT2D eigenvalue weighted by Gasteiger charge is -2.28. The van der Waals surface area contributed by atoms with Crippen molar-refractivity contribution in [1.82, 2.24) is 0 Å². The molecule has 0 radical (unpaired) electrons. The van der Waals surface area contributed by atoms with E-state index < -0.39 is 9.85 Å². The maximum Gasteiger partial charge on any atom is 0.269 e. The fraction of sp³-hybridized carbons (Fsp3) is 0.